The van der Waals surface area contributed by atoms with Gasteiger partial charge in [0.15, 0.2) is 0 Å². The Morgan fingerprint density at radius 2 is 2.00 bits per heavy atom. The number of aryl methyl sites for hydroxylation is 1. The normalized spacial score (nSPS) is 15.7. The Morgan fingerprint density at radius 3 is 2.62 bits per heavy atom. The van der Waals surface area contributed by atoms with Crippen LogP contribution in [0.25, 0.3) is 0 Å². The van der Waals surface area contributed by atoms with E-state index in [1.54, 1.807) is 36.8 Å². The highest BCUT2D eigenvalue weighted by atomic mass is 35.5. The number of methoxy groups -OCH3 is 2. The fourth-order valence-corrected chi connectivity index (χ4v) is 3.92. The number of esters is 1. The molecule has 0 fully saturated rings. The summed E-state index contributed by atoms with van der Waals surface area (Å²) in [6.07, 6.45) is 0. The molecule has 0 spiro atoms. The summed E-state index contributed by atoms with van der Waals surface area (Å²) in [5.74, 6) is -1.47. The Morgan fingerprint density at radius 1 is 1.28 bits per heavy atom. The lowest BCUT2D eigenvalue weighted by Gasteiger charge is -2.29. The van der Waals surface area contributed by atoms with Crippen LogP contribution in [0, 0.1) is 6.92 Å². The minimum Gasteiger partial charge on any atom is -0.465 e. The molecule has 154 valence electrons. The highest BCUT2D eigenvalue weighted by Crippen LogP contribution is 2.43. The molecule has 2 aromatic rings. The molecular weight excluding hydrogens is 419 g/mol. The van der Waals surface area contributed by atoms with E-state index in [1.807, 2.05) is 0 Å². The number of hydrogen-bond donors (Lipinski definition) is 1. The van der Waals surface area contributed by atoms with Crippen LogP contribution in [-0.2, 0) is 20.8 Å². The van der Waals surface area contributed by atoms with E-state index in [-0.39, 0.29) is 33.4 Å². The van der Waals surface area contributed by atoms with Gasteiger partial charge < -0.3 is 24.5 Å². The van der Waals surface area contributed by atoms with Crippen molar-refractivity contribution >= 4 is 29.2 Å². The average Bonchev–Trinajstić information content (AvgIpc) is 2.66. The Bertz CT molecular complexity index is 1060. The molecule has 7 nitrogen and oxygen atoms in total. The molecule has 0 unspecified atom stereocenters. The van der Waals surface area contributed by atoms with E-state index in [2.05, 4.69) is 0 Å². The van der Waals surface area contributed by atoms with Crippen LogP contribution in [0.15, 0.2) is 40.5 Å². The molecule has 0 saturated carbocycles. The third kappa shape index (κ3) is 3.85. The number of fused-ring (bicyclic) bond motifs is 1. The van der Waals surface area contributed by atoms with E-state index in [1.165, 1.54) is 13.2 Å². The Balaban J connectivity index is 2.33. The molecule has 0 amide bonds. The molecule has 1 aromatic heterocycles. The van der Waals surface area contributed by atoms with Crippen LogP contribution in [0.1, 0.15) is 22.7 Å². The molecule has 0 bridgehead atoms. The Hall–Kier alpha value is -2.48. The van der Waals surface area contributed by atoms with Gasteiger partial charge in [-0.25, -0.2) is 4.79 Å². The maximum absolute atomic E-state index is 13.4. The molecule has 1 atom stereocenters. The fourth-order valence-electron chi connectivity index (χ4n) is 3.40. The summed E-state index contributed by atoms with van der Waals surface area (Å²) >= 11 is 12.5. The number of rotatable bonds is 5. The molecule has 1 aliphatic heterocycles. The first-order valence-corrected chi connectivity index (χ1v) is 9.49. The van der Waals surface area contributed by atoms with Gasteiger partial charge in [-0.1, -0.05) is 29.3 Å². The van der Waals surface area contributed by atoms with Gasteiger partial charge in [0, 0.05) is 35.5 Å². The zero-order valence-electron chi connectivity index (χ0n) is 16.1. The number of pyridine rings is 1. The smallest absolute Gasteiger partial charge is 0.340 e. The summed E-state index contributed by atoms with van der Waals surface area (Å²) in [5.41, 5.74) is 7.12. The lowest BCUT2D eigenvalue weighted by atomic mass is 9.83. The van der Waals surface area contributed by atoms with Crippen molar-refractivity contribution in [3.8, 4) is 5.75 Å². The molecule has 9 heteroatoms. The largest absolute Gasteiger partial charge is 0.465 e. The predicted molar refractivity (Wildman–Crippen MR) is 109 cm³/mol. The summed E-state index contributed by atoms with van der Waals surface area (Å²) in [5, 5.41) is 0.706. The van der Waals surface area contributed by atoms with E-state index in [4.69, 9.17) is 43.1 Å². The highest BCUT2D eigenvalue weighted by molar-refractivity contribution is 6.35. The number of carbonyl (C=O) groups is 1. The lowest BCUT2D eigenvalue weighted by Crippen LogP contribution is -2.35. The molecule has 29 heavy (non-hydrogen) atoms. The number of benzene rings is 1. The fraction of sp³-hybridized carbons (Fsp3) is 0.300. The summed E-state index contributed by atoms with van der Waals surface area (Å²) in [7, 11) is 2.78. The van der Waals surface area contributed by atoms with Gasteiger partial charge in [-0.3, -0.25) is 4.79 Å². The second kappa shape index (κ2) is 8.49. The van der Waals surface area contributed by atoms with E-state index in [0.717, 1.165) is 0 Å². The first-order chi connectivity index (χ1) is 13.8. The van der Waals surface area contributed by atoms with Crippen molar-refractivity contribution in [2.24, 2.45) is 5.73 Å². The van der Waals surface area contributed by atoms with Crippen LogP contribution in [0.5, 0.6) is 5.75 Å². The number of ether oxygens (including phenoxy) is 3. The summed E-state index contributed by atoms with van der Waals surface area (Å²) < 4.78 is 17.2. The zero-order valence-corrected chi connectivity index (χ0v) is 17.6. The van der Waals surface area contributed by atoms with Gasteiger partial charge >= 0.3 is 5.97 Å². The molecule has 3 rings (SSSR count). The van der Waals surface area contributed by atoms with Crippen molar-refractivity contribution in [1.29, 1.82) is 0 Å². The SMILES string of the molecule is COCCn1c(C)cc2c(c1=O)[C@H](c1ccc(Cl)cc1Cl)C(C(=O)OC)=C(N)O2. The summed E-state index contributed by atoms with van der Waals surface area (Å²) in [6, 6.07) is 6.51. The van der Waals surface area contributed by atoms with Crippen molar-refractivity contribution in [2.75, 3.05) is 20.8 Å². The van der Waals surface area contributed by atoms with Gasteiger partial charge in [-0.15, -0.1) is 0 Å². The zero-order chi connectivity index (χ0) is 21.3. The lowest BCUT2D eigenvalue weighted by molar-refractivity contribution is -0.136. The van der Waals surface area contributed by atoms with Crippen molar-refractivity contribution in [1.82, 2.24) is 4.57 Å². The van der Waals surface area contributed by atoms with Crippen molar-refractivity contribution in [3.05, 3.63) is 72.9 Å². The van der Waals surface area contributed by atoms with Crippen LogP contribution >= 0.6 is 23.2 Å². The minimum atomic E-state index is -0.877. The van der Waals surface area contributed by atoms with Crippen molar-refractivity contribution < 1.29 is 19.0 Å². The summed E-state index contributed by atoms with van der Waals surface area (Å²) in [6.45, 7) is 2.46. The second-order valence-corrected chi connectivity index (χ2v) is 7.33. The predicted octanol–water partition coefficient (Wildman–Crippen LogP) is 2.98. The first-order valence-electron chi connectivity index (χ1n) is 8.74. The average molecular weight is 439 g/mol. The van der Waals surface area contributed by atoms with E-state index in [9.17, 15) is 9.59 Å². The van der Waals surface area contributed by atoms with Crippen LogP contribution in [0.2, 0.25) is 10.0 Å². The Kier molecular flexibility index (Phi) is 6.21. The van der Waals surface area contributed by atoms with E-state index < -0.39 is 11.9 Å². The quantitative estimate of drug-likeness (QED) is 0.721. The van der Waals surface area contributed by atoms with Gasteiger partial charge in [0.25, 0.3) is 5.56 Å². The van der Waals surface area contributed by atoms with Gasteiger partial charge in [-0.2, -0.15) is 0 Å². The van der Waals surface area contributed by atoms with Crippen LogP contribution in [0.4, 0.5) is 0 Å². The number of hydrogen-bond acceptors (Lipinski definition) is 6. The van der Waals surface area contributed by atoms with Gasteiger partial charge in [0.2, 0.25) is 5.88 Å². The first kappa shape index (κ1) is 21.2. The molecule has 0 radical (unpaired) electrons. The van der Waals surface area contributed by atoms with Crippen LogP contribution in [0.3, 0.4) is 0 Å². The van der Waals surface area contributed by atoms with Gasteiger partial charge in [0.1, 0.15) is 11.3 Å². The van der Waals surface area contributed by atoms with Crippen LogP contribution < -0.4 is 16.0 Å². The van der Waals surface area contributed by atoms with Gasteiger partial charge in [0.05, 0.1) is 25.2 Å². The minimum absolute atomic E-state index is 0.00321. The van der Waals surface area contributed by atoms with E-state index >= 15 is 0 Å². The van der Waals surface area contributed by atoms with Gasteiger partial charge in [-0.05, 0) is 24.6 Å². The molecule has 1 aliphatic rings. The summed E-state index contributed by atoms with van der Waals surface area (Å²) in [4.78, 5) is 26.0. The van der Waals surface area contributed by atoms with Crippen molar-refractivity contribution in [2.45, 2.75) is 19.4 Å². The number of halogens is 2. The Labute approximate surface area is 177 Å². The molecule has 2 heterocycles. The topological polar surface area (TPSA) is 92.8 Å². The molecular formula is C20H20Cl2N2O5. The third-order valence-corrected chi connectivity index (χ3v) is 5.33. The number of nitrogens with two attached hydrogens (primary N) is 1. The van der Waals surface area contributed by atoms with E-state index in [0.29, 0.717) is 29.4 Å². The maximum Gasteiger partial charge on any atom is 0.340 e. The number of aromatic nitrogens is 1. The maximum atomic E-state index is 13.4. The molecule has 0 saturated heterocycles. The van der Waals surface area contributed by atoms with Crippen molar-refractivity contribution in [3.63, 3.8) is 0 Å². The second-order valence-electron chi connectivity index (χ2n) is 6.48. The monoisotopic (exact) mass is 438 g/mol. The van der Waals surface area contributed by atoms with Crippen LogP contribution in [-0.4, -0.2) is 31.4 Å². The number of nitrogens with zero attached hydrogens (tertiary/aromatic N) is 1. The third-order valence-electron chi connectivity index (χ3n) is 4.77. The standard InChI is InChI=1S/C20H20Cl2N2O5/c1-10-8-14-16(19(25)24(10)6-7-27-2)15(12-5-4-11(21)9-13(12)22)17(18(23)29-14)20(26)28-3/h4-5,8-9,15H,6-7,23H2,1-3H3/t15-/m0/s1. The highest BCUT2D eigenvalue weighted by Gasteiger charge is 2.39. The number of carbonyl (C=O) groups excluding carboxylic acids is 1. The molecule has 1 aromatic carbocycles. The molecule has 0 aliphatic carbocycles. The molecule has 2 N–H and O–H groups in total.